The van der Waals surface area contributed by atoms with Gasteiger partial charge in [-0.1, -0.05) is 59.6 Å². The van der Waals surface area contributed by atoms with Crippen molar-refractivity contribution in [3.63, 3.8) is 0 Å². The number of carboxylic acid groups (broad SMARTS) is 1. The molecule has 0 aliphatic heterocycles. The molecule has 112 valence electrons. The van der Waals surface area contributed by atoms with Gasteiger partial charge in [0.1, 0.15) is 0 Å². The van der Waals surface area contributed by atoms with Gasteiger partial charge < -0.3 is 5.11 Å². The van der Waals surface area contributed by atoms with Crippen LogP contribution in [0.1, 0.15) is 29.4 Å². The topological polar surface area (TPSA) is 61.1 Å². The third-order valence-corrected chi connectivity index (χ3v) is 4.13. The largest absolute Gasteiger partial charge is 0.481 e. The predicted molar refractivity (Wildman–Crippen MR) is 86.3 cm³/mol. The molecule has 0 amide bonds. The maximum atomic E-state index is 11.2. The van der Waals surface area contributed by atoms with E-state index in [0.717, 1.165) is 5.56 Å². The van der Waals surface area contributed by atoms with Gasteiger partial charge in [-0.3, -0.25) is 4.79 Å². The van der Waals surface area contributed by atoms with Gasteiger partial charge in [0.05, 0.1) is 18.4 Å². The molecule has 0 fully saturated rings. The molecule has 0 heterocycles. The number of hydrogen-bond donors (Lipinski definition) is 1. The lowest BCUT2D eigenvalue weighted by Gasteiger charge is -2.23. The zero-order valence-corrected chi connectivity index (χ0v) is 13.1. The second-order valence-corrected chi connectivity index (χ2v) is 5.67. The van der Waals surface area contributed by atoms with Gasteiger partial charge in [-0.25, -0.2) is 0 Å². The van der Waals surface area contributed by atoms with Crippen LogP contribution in [0.4, 0.5) is 0 Å². The number of carbonyl (C=O) groups is 1. The Hall–Kier alpha value is -2.02. The molecule has 1 N–H and O–H groups in total. The molecule has 2 aromatic carbocycles. The van der Waals surface area contributed by atoms with Crippen molar-refractivity contribution < 1.29 is 9.90 Å². The summed E-state index contributed by atoms with van der Waals surface area (Å²) in [7, 11) is 0. The molecule has 0 bridgehead atoms. The zero-order chi connectivity index (χ0) is 16.1. The molecule has 0 spiro atoms. The van der Waals surface area contributed by atoms with Crippen molar-refractivity contribution in [1.82, 2.24) is 0 Å². The predicted octanol–water partition coefficient (Wildman–Crippen LogP) is 4.86. The molecule has 0 saturated carbocycles. The van der Waals surface area contributed by atoms with E-state index in [2.05, 4.69) is 6.07 Å². The van der Waals surface area contributed by atoms with Crippen molar-refractivity contribution in [3.05, 3.63) is 69.7 Å². The first-order chi connectivity index (χ1) is 10.5. The second kappa shape index (κ2) is 7.31. The van der Waals surface area contributed by atoms with Gasteiger partial charge in [0, 0.05) is 21.5 Å². The fourth-order valence-corrected chi connectivity index (χ4v) is 3.11. The molecule has 0 aromatic heterocycles. The molecule has 0 aliphatic rings. The number of nitrogens with zero attached hydrogens (tertiary/aromatic N) is 1. The Labute approximate surface area is 138 Å². The fraction of sp³-hybridized carbons (Fsp3) is 0.176. The monoisotopic (exact) mass is 333 g/mol. The average molecular weight is 334 g/mol. The summed E-state index contributed by atoms with van der Waals surface area (Å²) in [4.78, 5) is 11.2. The van der Waals surface area contributed by atoms with E-state index in [1.54, 1.807) is 18.2 Å². The summed E-state index contributed by atoms with van der Waals surface area (Å²) in [5.41, 5.74) is 1.25. The highest BCUT2D eigenvalue weighted by Crippen LogP contribution is 2.41. The summed E-state index contributed by atoms with van der Waals surface area (Å²) < 4.78 is 0. The number of hydrogen-bond acceptors (Lipinski definition) is 2. The minimum Gasteiger partial charge on any atom is -0.481 e. The van der Waals surface area contributed by atoms with E-state index in [0.29, 0.717) is 15.6 Å². The number of aliphatic carboxylic acids is 1. The summed E-state index contributed by atoms with van der Waals surface area (Å²) in [6.45, 7) is 0. The van der Waals surface area contributed by atoms with Crippen LogP contribution < -0.4 is 0 Å². The van der Waals surface area contributed by atoms with Gasteiger partial charge in [-0.2, -0.15) is 5.26 Å². The van der Waals surface area contributed by atoms with Gasteiger partial charge in [0.15, 0.2) is 0 Å². The van der Waals surface area contributed by atoms with E-state index in [4.69, 9.17) is 23.2 Å². The molecule has 2 unspecified atom stereocenters. The summed E-state index contributed by atoms with van der Waals surface area (Å²) in [5.74, 6) is -2.24. The van der Waals surface area contributed by atoms with Crippen LogP contribution >= 0.6 is 23.2 Å². The number of carboxylic acids is 1. The lowest BCUT2D eigenvalue weighted by atomic mass is 9.80. The Bertz CT molecular complexity index is 690. The lowest BCUT2D eigenvalue weighted by molar-refractivity contribution is -0.137. The van der Waals surface area contributed by atoms with Gasteiger partial charge in [0.25, 0.3) is 0 Å². The number of rotatable bonds is 5. The van der Waals surface area contributed by atoms with E-state index in [-0.39, 0.29) is 6.42 Å². The summed E-state index contributed by atoms with van der Waals surface area (Å²) in [6, 6.07) is 16.2. The van der Waals surface area contributed by atoms with Crippen LogP contribution in [0.3, 0.4) is 0 Å². The summed E-state index contributed by atoms with van der Waals surface area (Å²) in [6.07, 6.45) is -0.177. The Balaban J connectivity index is 2.53. The summed E-state index contributed by atoms with van der Waals surface area (Å²) in [5, 5.41) is 19.5. The third-order valence-electron chi connectivity index (χ3n) is 3.47. The van der Waals surface area contributed by atoms with Crippen LogP contribution in [0.5, 0.6) is 0 Å². The molecule has 5 heteroatoms. The van der Waals surface area contributed by atoms with Crippen LogP contribution in [-0.4, -0.2) is 11.1 Å². The molecule has 0 radical (unpaired) electrons. The standard InChI is InChI=1S/C17H13Cl2NO2/c18-14-7-4-8-15(19)17(14)13(10-20)12(9-16(21)22)11-5-2-1-3-6-11/h1-8,12-13H,9H2,(H,21,22). The first kappa shape index (κ1) is 16.4. The van der Waals surface area contributed by atoms with Crippen molar-refractivity contribution in [2.24, 2.45) is 0 Å². The zero-order valence-electron chi connectivity index (χ0n) is 11.5. The van der Waals surface area contributed by atoms with E-state index in [1.165, 1.54) is 0 Å². The van der Waals surface area contributed by atoms with Crippen molar-refractivity contribution in [2.75, 3.05) is 0 Å². The molecule has 0 saturated heterocycles. The maximum Gasteiger partial charge on any atom is 0.304 e. The van der Waals surface area contributed by atoms with Crippen molar-refractivity contribution in [2.45, 2.75) is 18.3 Å². The van der Waals surface area contributed by atoms with Crippen LogP contribution in [0.2, 0.25) is 10.0 Å². The second-order valence-electron chi connectivity index (χ2n) is 4.86. The highest BCUT2D eigenvalue weighted by atomic mass is 35.5. The van der Waals surface area contributed by atoms with Gasteiger partial charge in [0.2, 0.25) is 0 Å². The van der Waals surface area contributed by atoms with Gasteiger partial charge >= 0.3 is 5.97 Å². The minimum absolute atomic E-state index is 0.177. The molecule has 3 nitrogen and oxygen atoms in total. The van der Waals surface area contributed by atoms with Crippen LogP contribution in [0.25, 0.3) is 0 Å². The normalized spacial score (nSPS) is 13.1. The number of halogens is 2. The fourth-order valence-electron chi connectivity index (χ4n) is 2.48. The maximum absolute atomic E-state index is 11.2. The van der Waals surface area contributed by atoms with Gasteiger partial charge in [-0.15, -0.1) is 0 Å². The molecule has 2 rings (SSSR count). The Morgan fingerprint density at radius 2 is 1.68 bits per heavy atom. The molecule has 2 atom stereocenters. The molecule has 0 aliphatic carbocycles. The van der Waals surface area contributed by atoms with Crippen molar-refractivity contribution in [3.8, 4) is 6.07 Å². The highest BCUT2D eigenvalue weighted by molar-refractivity contribution is 6.36. The Morgan fingerprint density at radius 1 is 1.09 bits per heavy atom. The third kappa shape index (κ3) is 3.59. The first-order valence-corrected chi connectivity index (χ1v) is 7.40. The highest BCUT2D eigenvalue weighted by Gasteiger charge is 2.30. The Morgan fingerprint density at radius 3 is 2.18 bits per heavy atom. The minimum atomic E-state index is -0.975. The van der Waals surface area contributed by atoms with E-state index in [1.807, 2.05) is 30.3 Å². The summed E-state index contributed by atoms with van der Waals surface area (Å²) >= 11 is 12.4. The van der Waals surface area contributed by atoms with E-state index >= 15 is 0 Å². The number of nitriles is 1. The molecule has 2 aromatic rings. The first-order valence-electron chi connectivity index (χ1n) is 6.65. The molecular weight excluding hydrogens is 321 g/mol. The lowest BCUT2D eigenvalue weighted by Crippen LogP contribution is -2.15. The molecule has 22 heavy (non-hydrogen) atoms. The SMILES string of the molecule is N#CC(c1c(Cl)cccc1Cl)C(CC(=O)O)c1ccccc1. The van der Waals surface area contributed by atoms with Gasteiger partial charge in [-0.05, 0) is 17.7 Å². The number of benzene rings is 2. The van der Waals surface area contributed by atoms with Crippen LogP contribution in [-0.2, 0) is 4.79 Å². The quantitative estimate of drug-likeness (QED) is 0.849. The Kier molecular flexibility index (Phi) is 5.43. The molecular formula is C17H13Cl2NO2. The average Bonchev–Trinajstić information content (AvgIpc) is 2.50. The van der Waals surface area contributed by atoms with E-state index in [9.17, 15) is 15.2 Å². The van der Waals surface area contributed by atoms with E-state index < -0.39 is 17.8 Å². The van der Waals surface area contributed by atoms with Crippen LogP contribution in [0.15, 0.2) is 48.5 Å². The van der Waals surface area contributed by atoms with Crippen LogP contribution in [0, 0.1) is 11.3 Å². The van der Waals surface area contributed by atoms with Crippen molar-refractivity contribution in [1.29, 1.82) is 5.26 Å². The smallest absolute Gasteiger partial charge is 0.304 e. The van der Waals surface area contributed by atoms with Crippen molar-refractivity contribution >= 4 is 29.2 Å².